The van der Waals surface area contributed by atoms with Crippen LogP contribution in [-0.2, 0) is 21.8 Å². The Balaban J connectivity index is 1.73. The van der Waals surface area contributed by atoms with Crippen LogP contribution >= 0.6 is 0 Å². The standard InChI is InChI=1S/C19H25N3O4S/c1-21(2)27(24,25)13-15-11-26-12-16(15)20-19(23)18-10-9-17(22(18)3)14-7-5-4-6-8-14/h4-10,15-16H,11-13H2,1-3H3,(H,20,23)/t15-,16+/m0/s1. The lowest BCUT2D eigenvalue weighted by molar-refractivity contribution is 0.0918. The average Bonchev–Trinajstić information content (AvgIpc) is 3.21. The maximum atomic E-state index is 12.8. The molecular formula is C19H25N3O4S. The Kier molecular flexibility index (Phi) is 5.69. The minimum atomic E-state index is -3.36. The van der Waals surface area contributed by atoms with Crippen molar-refractivity contribution in [3.63, 3.8) is 0 Å². The fraction of sp³-hybridized carbons (Fsp3) is 0.421. The van der Waals surface area contributed by atoms with Crippen LogP contribution in [0.3, 0.4) is 0 Å². The molecule has 1 aromatic heterocycles. The molecule has 0 spiro atoms. The summed E-state index contributed by atoms with van der Waals surface area (Å²) in [5.74, 6) is -0.550. The van der Waals surface area contributed by atoms with E-state index < -0.39 is 10.0 Å². The number of nitrogens with one attached hydrogen (secondary N) is 1. The molecule has 0 unspecified atom stereocenters. The zero-order valence-electron chi connectivity index (χ0n) is 15.8. The fourth-order valence-corrected chi connectivity index (χ4v) is 4.39. The first-order valence-corrected chi connectivity index (χ1v) is 10.4. The largest absolute Gasteiger partial charge is 0.379 e. The van der Waals surface area contributed by atoms with E-state index in [1.54, 1.807) is 6.07 Å². The zero-order chi connectivity index (χ0) is 19.6. The van der Waals surface area contributed by atoms with E-state index in [-0.39, 0.29) is 23.6 Å². The molecule has 8 heteroatoms. The van der Waals surface area contributed by atoms with E-state index in [0.29, 0.717) is 18.9 Å². The molecule has 2 atom stereocenters. The molecule has 1 fully saturated rings. The molecular weight excluding hydrogens is 366 g/mol. The van der Waals surface area contributed by atoms with E-state index >= 15 is 0 Å². The van der Waals surface area contributed by atoms with E-state index in [4.69, 9.17) is 4.74 Å². The third-order valence-corrected chi connectivity index (χ3v) is 6.88. The minimum Gasteiger partial charge on any atom is -0.379 e. The molecule has 2 aromatic rings. The Morgan fingerprint density at radius 3 is 2.56 bits per heavy atom. The van der Waals surface area contributed by atoms with Gasteiger partial charge in [0.25, 0.3) is 5.91 Å². The third-order valence-electron chi connectivity index (χ3n) is 4.92. The number of nitrogens with zero attached hydrogens (tertiary/aromatic N) is 2. The molecule has 0 bridgehead atoms. The fourth-order valence-electron chi connectivity index (χ4n) is 3.22. The predicted octanol–water partition coefficient (Wildman–Crippen LogP) is 1.33. The van der Waals surface area contributed by atoms with Crippen LogP contribution in [0.4, 0.5) is 0 Å². The van der Waals surface area contributed by atoms with Gasteiger partial charge in [0.2, 0.25) is 10.0 Å². The van der Waals surface area contributed by atoms with Gasteiger partial charge >= 0.3 is 0 Å². The number of carbonyl (C=O) groups is 1. The maximum absolute atomic E-state index is 12.8. The van der Waals surface area contributed by atoms with Crippen molar-refractivity contribution in [3.05, 3.63) is 48.2 Å². The molecule has 7 nitrogen and oxygen atoms in total. The summed E-state index contributed by atoms with van der Waals surface area (Å²) in [6.45, 7) is 0.635. The van der Waals surface area contributed by atoms with Crippen molar-refractivity contribution < 1.29 is 17.9 Å². The van der Waals surface area contributed by atoms with Gasteiger partial charge in [0.1, 0.15) is 5.69 Å². The first-order chi connectivity index (χ1) is 12.8. The summed E-state index contributed by atoms with van der Waals surface area (Å²) in [6.07, 6.45) is 0. The molecule has 0 radical (unpaired) electrons. The summed E-state index contributed by atoms with van der Waals surface area (Å²) in [6, 6.07) is 13.2. The molecule has 1 aliphatic heterocycles. The van der Waals surface area contributed by atoms with Crippen LogP contribution in [-0.4, -0.2) is 62.3 Å². The highest BCUT2D eigenvalue weighted by Crippen LogP contribution is 2.22. The van der Waals surface area contributed by atoms with Crippen molar-refractivity contribution in [2.45, 2.75) is 6.04 Å². The van der Waals surface area contributed by atoms with E-state index in [0.717, 1.165) is 11.3 Å². The lowest BCUT2D eigenvalue weighted by atomic mass is 10.1. The summed E-state index contributed by atoms with van der Waals surface area (Å²) in [5, 5.41) is 2.94. The summed E-state index contributed by atoms with van der Waals surface area (Å²) in [4.78, 5) is 12.8. The number of carbonyl (C=O) groups excluding carboxylic acids is 1. The predicted molar refractivity (Wildman–Crippen MR) is 104 cm³/mol. The number of amides is 1. The van der Waals surface area contributed by atoms with E-state index in [1.807, 2.05) is 48.0 Å². The molecule has 1 aromatic carbocycles. The smallest absolute Gasteiger partial charge is 0.268 e. The van der Waals surface area contributed by atoms with Gasteiger partial charge in [-0.2, -0.15) is 0 Å². The minimum absolute atomic E-state index is 0.0483. The summed E-state index contributed by atoms with van der Waals surface area (Å²) >= 11 is 0. The number of hydrogen-bond acceptors (Lipinski definition) is 4. The van der Waals surface area contributed by atoms with Crippen molar-refractivity contribution in [2.24, 2.45) is 13.0 Å². The molecule has 1 aliphatic rings. The lowest BCUT2D eigenvalue weighted by Crippen LogP contribution is -2.44. The van der Waals surface area contributed by atoms with Crippen LogP contribution < -0.4 is 5.32 Å². The van der Waals surface area contributed by atoms with Gasteiger partial charge in [0.15, 0.2) is 0 Å². The van der Waals surface area contributed by atoms with Crippen LogP contribution in [0.15, 0.2) is 42.5 Å². The van der Waals surface area contributed by atoms with Gasteiger partial charge in [-0.3, -0.25) is 4.79 Å². The molecule has 3 rings (SSSR count). The number of hydrogen-bond donors (Lipinski definition) is 1. The molecule has 2 heterocycles. The van der Waals surface area contributed by atoms with Crippen LogP contribution in [0.2, 0.25) is 0 Å². The number of rotatable bonds is 6. The number of aromatic nitrogens is 1. The van der Waals surface area contributed by atoms with Gasteiger partial charge in [0.05, 0.1) is 25.0 Å². The first-order valence-electron chi connectivity index (χ1n) is 8.79. The second-order valence-corrected chi connectivity index (χ2v) is 9.19. The van der Waals surface area contributed by atoms with Gasteiger partial charge < -0.3 is 14.6 Å². The van der Waals surface area contributed by atoms with Crippen molar-refractivity contribution in [2.75, 3.05) is 33.1 Å². The Labute approximate surface area is 160 Å². The molecule has 1 N–H and O–H groups in total. The normalized spacial score (nSPS) is 20.1. The van der Waals surface area contributed by atoms with Crippen LogP contribution in [0.5, 0.6) is 0 Å². The highest BCUT2D eigenvalue weighted by molar-refractivity contribution is 7.89. The van der Waals surface area contributed by atoms with E-state index in [1.165, 1.54) is 18.4 Å². The number of benzene rings is 1. The van der Waals surface area contributed by atoms with Gasteiger partial charge in [-0.15, -0.1) is 0 Å². The SMILES string of the molecule is CN(C)S(=O)(=O)C[C@@H]1COC[C@H]1NC(=O)c1ccc(-c2ccccc2)n1C. The Morgan fingerprint density at radius 1 is 1.19 bits per heavy atom. The second kappa shape index (κ2) is 7.84. The highest BCUT2D eigenvalue weighted by Gasteiger charge is 2.34. The molecule has 0 saturated carbocycles. The average molecular weight is 391 g/mol. The number of sulfonamides is 1. The highest BCUT2D eigenvalue weighted by atomic mass is 32.2. The molecule has 0 aliphatic carbocycles. The molecule has 27 heavy (non-hydrogen) atoms. The number of ether oxygens (including phenoxy) is 1. The van der Waals surface area contributed by atoms with Gasteiger partial charge in [-0.05, 0) is 17.7 Å². The van der Waals surface area contributed by atoms with Gasteiger partial charge in [0, 0.05) is 32.8 Å². The Morgan fingerprint density at radius 2 is 1.89 bits per heavy atom. The van der Waals surface area contributed by atoms with Crippen molar-refractivity contribution in [1.82, 2.24) is 14.2 Å². The topological polar surface area (TPSA) is 80.6 Å². The van der Waals surface area contributed by atoms with E-state index in [2.05, 4.69) is 5.32 Å². The van der Waals surface area contributed by atoms with Crippen molar-refractivity contribution in [1.29, 1.82) is 0 Å². The lowest BCUT2D eigenvalue weighted by Gasteiger charge is -2.21. The van der Waals surface area contributed by atoms with Crippen LogP contribution in [0.1, 0.15) is 10.5 Å². The Bertz CT molecular complexity index is 906. The van der Waals surface area contributed by atoms with Gasteiger partial charge in [-0.1, -0.05) is 30.3 Å². The Hall–Kier alpha value is -2.16. The van der Waals surface area contributed by atoms with Crippen molar-refractivity contribution in [3.8, 4) is 11.3 Å². The zero-order valence-corrected chi connectivity index (χ0v) is 16.6. The van der Waals surface area contributed by atoms with Gasteiger partial charge in [-0.25, -0.2) is 12.7 Å². The monoisotopic (exact) mass is 391 g/mol. The quantitative estimate of drug-likeness (QED) is 0.806. The molecule has 1 saturated heterocycles. The summed E-state index contributed by atoms with van der Waals surface area (Å²) < 4.78 is 32.8. The molecule has 1 amide bonds. The molecule has 146 valence electrons. The first kappa shape index (κ1) is 19.6. The van der Waals surface area contributed by atoms with Crippen molar-refractivity contribution >= 4 is 15.9 Å². The summed E-state index contributed by atoms with van der Waals surface area (Å²) in [7, 11) is 1.50. The van der Waals surface area contributed by atoms with Crippen LogP contribution in [0, 0.1) is 5.92 Å². The summed E-state index contributed by atoms with van der Waals surface area (Å²) in [5.41, 5.74) is 2.49. The van der Waals surface area contributed by atoms with Crippen LogP contribution in [0.25, 0.3) is 11.3 Å². The second-order valence-electron chi connectivity index (χ2n) is 6.97. The van der Waals surface area contributed by atoms with E-state index in [9.17, 15) is 13.2 Å². The third kappa shape index (κ3) is 4.23. The maximum Gasteiger partial charge on any atom is 0.268 e.